The second-order valence-corrected chi connectivity index (χ2v) is 10.7. The summed E-state index contributed by atoms with van der Waals surface area (Å²) >= 11 is 1.81. The molecular formula is C26H33N3O2S. The molecule has 1 fully saturated rings. The van der Waals surface area contributed by atoms with E-state index in [9.17, 15) is 9.59 Å². The van der Waals surface area contributed by atoms with Crippen LogP contribution in [0.5, 0.6) is 0 Å². The Kier molecular flexibility index (Phi) is 6.79. The van der Waals surface area contributed by atoms with Crippen molar-refractivity contribution in [1.29, 1.82) is 0 Å². The average Bonchev–Trinajstić information content (AvgIpc) is 2.80. The third-order valence-corrected chi connectivity index (χ3v) is 7.31. The normalized spacial score (nSPS) is 16.3. The molecule has 0 atom stereocenters. The molecule has 0 unspecified atom stereocenters. The first-order valence-corrected chi connectivity index (χ1v) is 12.4. The molecule has 0 spiro atoms. The monoisotopic (exact) mass is 451 g/mol. The predicted molar refractivity (Wildman–Crippen MR) is 130 cm³/mol. The molecule has 1 saturated heterocycles. The fourth-order valence-corrected chi connectivity index (χ4v) is 5.53. The van der Waals surface area contributed by atoms with E-state index in [0.29, 0.717) is 19.6 Å². The van der Waals surface area contributed by atoms with E-state index in [1.807, 2.05) is 37.4 Å². The van der Waals surface area contributed by atoms with Gasteiger partial charge in [-0.25, -0.2) is 0 Å². The van der Waals surface area contributed by atoms with Gasteiger partial charge in [0.2, 0.25) is 11.8 Å². The zero-order chi connectivity index (χ0) is 22.7. The highest BCUT2D eigenvalue weighted by molar-refractivity contribution is 7.99. The second-order valence-electron chi connectivity index (χ2n) is 9.65. The van der Waals surface area contributed by atoms with Crippen molar-refractivity contribution in [2.45, 2.75) is 49.8 Å². The first-order chi connectivity index (χ1) is 15.3. The van der Waals surface area contributed by atoms with Crippen LogP contribution < -0.4 is 10.2 Å². The molecule has 2 aliphatic heterocycles. The molecular weight excluding hydrogens is 418 g/mol. The van der Waals surface area contributed by atoms with Gasteiger partial charge in [0, 0.05) is 47.3 Å². The maximum Gasteiger partial charge on any atom is 0.227 e. The summed E-state index contributed by atoms with van der Waals surface area (Å²) in [4.78, 5) is 32.0. The van der Waals surface area contributed by atoms with Crippen LogP contribution in [-0.2, 0) is 9.59 Å². The lowest BCUT2D eigenvalue weighted by Crippen LogP contribution is -2.46. The van der Waals surface area contributed by atoms with E-state index >= 15 is 0 Å². The third-order valence-electron chi connectivity index (χ3n) is 6.18. The number of carbonyl (C=O) groups is 2. The maximum atomic E-state index is 12.7. The standard InChI is InChI=1S/C26H33N3O2S/c1-26(2,3)25(31)28-17-13-19(14-18-28)24(30)27-15-8-16-29-20-9-4-6-11-22(20)32-23-12-7-5-10-21(23)29/h4-7,9-12,19H,8,13-18H2,1-3H3,(H,27,30). The number of para-hydroxylation sites is 2. The zero-order valence-corrected chi connectivity index (χ0v) is 20.1. The van der Waals surface area contributed by atoms with E-state index in [2.05, 4.69) is 58.7 Å². The van der Waals surface area contributed by atoms with Crippen LogP contribution in [0.1, 0.15) is 40.0 Å². The van der Waals surface area contributed by atoms with Crippen molar-refractivity contribution < 1.29 is 9.59 Å². The average molecular weight is 452 g/mol. The summed E-state index contributed by atoms with van der Waals surface area (Å²) in [6, 6.07) is 17.0. The third kappa shape index (κ3) is 4.96. The number of anilines is 2. The number of likely N-dealkylation sites (tertiary alicyclic amines) is 1. The van der Waals surface area contributed by atoms with Crippen LogP contribution in [0.2, 0.25) is 0 Å². The Hall–Kier alpha value is -2.47. The highest BCUT2D eigenvalue weighted by atomic mass is 32.2. The highest BCUT2D eigenvalue weighted by Gasteiger charge is 2.32. The molecule has 0 aromatic heterocycles. The van der Waals surface area contributed by atoms with E-state index in [-0.39, 0.29) is 23.1 Å². The number of carbonyl (C=O) groups excluding carboxylic acids is 2. The Morgan fingerprint density at radius 1 is 0.969 bits per heavy atom. The van der Waals surface area contributed by atoms with Crippen molar-refractivity contribution in [2.75, 3.05) is 31.1 Å². The molecule has 170 valence electrons. The number of piperidine rings is 1. The molecule has 2 aliphatic rings. The maximum absolute atomic E-state index is 12.7. The minimum atomic E-state index is -0.362. The van der Waals surface area contributed by atoms with Crippen molar-refractivity contribution in [1.82, 2.24) is 10.2 Å². The molecule has 2 aromatic rings. The van der Waals surface area contributed by atoms with E-state index in [0.717, 1.165) is 25.8 Å². The summed E-state index contributed by atoms with van der Waals surface area (Å²) in [6.45, 7) is 8.71. The molecule has 4 rings (SSSR count). The summed E-state index contributed by atoms with van der Waals surface area (Å²) < 4.78 is 0. The molecule has 6 heteroatoms. The molecule has 2 aromatic carbocycles. The van der Waals surface area contributed by atoms with Crippen molar-refractivity contribution >= 4 is 35.0 Å². The summed E-state index contributed by atoms with van der Waals surface area (Å²) in [7, 11) is 0. The van der Waals surface area contributed by atoms with Gasteiger partial charge in [0.05, 0.1) is 11.4 Å². The first-order valence-electron chi connectivity index (χ1n) is 11.5. The topological polar surface area (TPSA) is 52.7 Å². The summed E-state index contributed by atoms with van der Waals surface area (Å²) in [5.74, 6) is 0.311. The Morgan fingerprint density at radius 2 is 1.53 bits per heavy atom. The van der Waals surface area contributed by atoms with Gasteiger partial charge in [-0.05, 0) is 43.5 Å². The molecule has 2 heterocycles. The Morgan fingerprint density at radius 3 is 2.09 bits per heavy atom. The van der Waals surface area contributed by atoms with Crippen molar-refractivity contribution in [3.63, 3.8) is 0 Å². The van der Waals surface area contributed by atoms with Gasteiger partial charge in [0.15, 0.2) is 0 Å². The first kappa shape index (κ1) is 22.7. The van der Waals surface area contributed by atoms with Crippen LogP contribution in [0.25, 0.3) is 0 Å². The summed E-state index contributed by atoms with van der Waals surface area (Å²) in [5, 5.41) is 3.14. The van der Waals surface area contributed by atoms with Crippen LogP contribution in [0.3, 0.4) is 0 Å². The van der Waals surface area contributed by atoms with Gasteiger partial charge in [0.25, 0.3) is 0 Å². The number of rotatable bonds is 5. The molecule has 0 bridgehead atoms. The second kappa shape index (κ2) is 9.57. The van der Waals surface area contributed by atoms with Gasteiger partial charge in [-0.2, -0.15) is 0 Å². The van der Waals surface area contributed by atoms with Crippen LogP contribution in [-0.4, -0.2) is 42.9 Å². The molecule has 0 aliphatic carbocycles. The number of nitrogens with one attached hydrogen (secondary N) is 1. The van der Waals surface area contributed by atoms with E-state index in [4.69, 9.17) is 0 Å². The minimum Gasteiger partial charge on any atom is -0.356 e. The lowest BCUT2D eigenvalue weighted by Gasteiger charge is -2.35. The Balaban J connectivity index is 1.28. The number of benzene rings is 2. The molecule has 5 nitrogen and oxygen atoms in total. The van der Waals surface area contributed by atoms with E-state index < -0.39 is 0 Å². The molecule has 32 heavy (non-hydrogen) atoms. The summed E-state index contributed by atoms with van der Waals surface area (Å²) in [5.41, 5.74) is 2.11. The van der Waals surface area contributed by atoms with Crippen LogP contribution in [0.15, 0.2) is 58.3 Å². The van der Waals surface area contributed by atoms with Crippen molar-refractivity contribution in [3.05, 3.63) is 48.5 Å². The van der Waals surface area contributed by atoms with Gasteiger partial charge in [-0.3, -0.25) is 9.59 Å². The Bertz CT molecular complexity index is 932. The SMILES string of the molecule is CC(C)(C)C(=O)N1CCC(C(=O)NCCCN2c3ccccc3Sc3ccccc32)CC1. The number of hydrogen-bond donors (Lipinski definition) is 1. The van der Waals surface area contributed by atoms with E-state index in [1.54, 1.807) is 0 Å². The molecule has 0 radical (unpaired) electrons. The Labute approximate surface area is 195 Å². The lowest BCUT2D eigenvalue weighted by atomic mass is 9.90. The van der Waals surface area contributed by atoms with Gasteiger partial charge in [-0.1, -0.05) is 56.8 Å². The van der Waals surface area contributed by atoms with Crippen LogP contribution >= 0.6 is 11.8 Å². The van der Waals surface area contributed by atoms with Gasteiger partial charge in [0.1, 0.15) is 0 Å². The molecule has 1 N–H and O–H groups in total. The fraction of sp³-hybridized carbons (Fsp3) is 0.462. The van der Waals surface area contributed by atoms with Crippen molar-refractivity contribution in [2.24, 2.45) is 11.3 Å². The highest BCUT2D eigenvalue weighted by Crippen LogP contribution is 2.47. The largest absolute Gasteiger partial charge is 0.356 e. The predicted octanol–water partition coefficient (Wildman–Crippen LogP) is 5.08. The molecule has 2 amide bonds. The number of amides is 2. The number of hydrogen-bond acceptors (Lipinski definition) is 4. The smallest absolute Gasteiger partial charge is 0.227 e. The summed E-state index contributed by atoms with van der Waals surface area (Å²) in [6.07, 6.45) is 2.37. The minimum absolute atomic E-state index is 0.00635. The number of nitrogens with zero attached hydrogens (tertiary/aromatic N) is 2. The van der Waals surface area contributed by atoms with Crippen LogP contribution in [0, 0.1) is 11.3 Å². The van der Waals surface area contributed by atoms with Crippen LogP contribution in [0.4, 0.5) is 11.4 Å². The van der Waals surface area contributed by atoms with Crippen molar-refractivity contribution in [3.8, 4) is 0 Å². The van der Waals surface area contributed by atoms with Gasteiger partial charge >= 0.3 is 0 Å². The zero-order valence-electron chi connectivity index (χ0n) is 19.3. The molecule has 0 saturated carbocycles. The van der Waals surface area contributed by atoms with Gasteiger partial charge < -0.3 is 15.1 Å². The van der Waals surface area contributed by atoms with Gasteiger partial charge in [-0.15, -0.1) is 0 Å². The number of fused-ring (bicyclic) bond motifs is 2. The quantitative estimate of drug-likeness (QED) is 0.644. The lowest BCUT2D eigenvalue weighted by molar-refractivity contribution is -0.142. The van der Waals surface area contributed by atoms with E-state index in [1.165, 1.54) is 21.2 Å². The fourth-order valence-electron chi connectivity index (χ4n) is 4.43.